The zero-order chi connectivity index (χ0) is 38.9. The van der Waals surface area contributed by atoms with E-state index in [0.29, 0.717) is 49.1 Å². The molecule has 5 saturated carbocycles. The number of nitrogens with zero attached hydrogens (tertiary/aromatic N) is 1. The lowest BCUT2D eigenvalue weighted by molar-refractivity contribution is -0.250. The van der Waals surface area contributed by atoms with Crippen molar-refractivity contribution in [3.05, 3.63) is 12.2 Å². The van der Waals surface area contributed by atoms with Crippen LogP contribution < -0.4 is 5.32 Å². The minimum atomic E-state index is -0.895. The number of allylic oxidation sites excluding steroid dienone is 1. The maximum Gasteiger partial charge on any atom is 0.306 e. The van der Waals surface area contributed by atoms with Crippen LogP contribution in [0.4, 0.5) is 0 Å². The van der Waals surface area contributed by atoms with Gasteiger partial charge in [0, 0.05) is 31.0 Å². The molecule has 6 rings (SSSR count). The second-order valence-electron chi connectivity index (χ2n) is 21.0. The molecule has 0 radical (unpaired) electrons. The second-order valence-corrected chi connectivity index (χ2v) is 21.0. The molecule has 0 bridgehead atoms. The third-order valence-corrected chi connectivity index (χ3v) is 17.3. The van der Waals surface area contributed by atoms with Crippen molar-refractivity contribution in [3.63, 3.8) is 0 Å². The number of fused-ring (bicyclic) bond motifs is 7. The van der Waals surface area contributed by atoms with Crippen LogP contribution in [0.2, 0.25) is 0 Å². The Bertz CT molecular complexity index is 1490. The van der Waals surface area contributed by atoms with Crippen LogP contribution in [0.5, 0.6) is 0 Å². The summed E-state index contributed by atoms with van der Waals surface area (Å²) in [5, 5.41) is 21.4. The SMILES string of the molecule is C=C(C)[C@@H]1CC[C@]2(CC(=O)N3CC[C@@H](NC(=O)CO)C3)CC[C@]3(C)[C@H](CC[C@@H]4[C@@]5(C)CC[C@H](OC(=O)CC(C)(C)CC(=O)O)C(C)(C)C5CC[C@]43C)[C@@H]12. The summed E-state index contributed by atoms with van der Waals surface area (Å²) < 4.78 is 6.27. The average molecular weight is 739 g/mol. The number of aliphatic hydroxyl groups excluding tert-OH is 1. The highest BCUT2D eigenvalue weighted by Crippen LogP contribution is 2.78. The summed E-state index contributed by atoms with van der Waals surface area (Å²) in [6, 6.07) is -0.0944. The summed E-state index contributed by atoms with van der Waals surface area (Å²) >= 11 is 0. The fourth-order valence-electron chi connectivity index (χ4n) is 14.6. The zero-order valence-corrected chi connectivity index (χ0v) is 34.2. The summed E-state index contributed by atoms with van der Waals surface area (Å²) in [6.45, 7) is 23.5. The van der Waals surface area contributed by atoms with E-state index < -0.39 is 18.0 Å². The van der Waals surface area contributed by atoms with Crippen molar-refractivity contribution in [3.8, 4) is 0 Å². The van der Waals surface area contributed by atoms with E-state index in [4.69, 9.17) is 4.74 Å². The van der Waals surface area contributed by atoms with Gasteiger partial charge in [0.15, 0.2) is 0 Å². The summed E-state index contributed by atoms with van der Waals surface area (Å²) in [7, 11) is 0. The van der Waals surface area contributed by atoms with E-state index in [1.807, 2.05) is 18.7 Å². The van der Waals surface area contributed by atoms with E-state index in [1.54, 1.807) is 0 Å². The first kappa shape index (κ1) is 40.2. The van der Waals surface area contributed by atoms with Crippen LogP contribution in [-0.4, -0.2) is 70.7 Å². The number of aliphatic carboxylic acids is 1. The second kappa shape index (κ2) is 14.0. The first-order valence-corrected chi connectivity index (χ1v) is 20.9. The van der Waals surface area contributed by atoms with Crippen LogP contribution in [0.15, 0.2) is 12.2 Å². The Labute approximate surface area is 318 Å². The fourth-order valence-corrected chi connectivity index (χ4v) is 14.6. The number of carbonyl (C=O) groups is 4. The van der Waals surface area contributed by atoms with Gasteiger partial charge < -0.3 is 25.2 Å². The van der Waals surface area contributed by atoms with Gasteiger partial charge in [-0.25, -0.2) is 0 Å². The molecule has 0 aromatic carbocycles. The Balaban J connectivity index is 1.21. The van der Waals surface area contributed by atoms with Crippen molar-refractivity contribution in [2.45, 2.75) is 157 Å². The predicted octanol–water partition coefficient (Wildman–Crippen LogP) is 7.55. The van der Waals surface area contributed by atoms with Gasteiger partial charge in [0.2, 0.25) is 11.8 Å². The van der Waals surface area contributed by atoms with Crippen molar-refractivity contribution in [2.75, 3.05) is 19.7 Å². The van der Waals surface area contributed by atoms with Gasteiger partial charge in [0.1, 0.15) is 12.7 Å². The lowest BCUT2D eigenvalue weighted by Gasteiger charge is -2.73. The Kier molecular flexibility index (Phi) is 10.6. The number of carboxylic acid groups (broad SMARTS) is 1. The molecule has 2 amide bonds. The highest BCUT2D eigenvalue weighted by Gasteiger charge is 2.71. The molecule has 6 aliphatic rings. The first-order valence-electron chi connectivity index (χ1n) is 20.9. The highest BCUT2D eigenvalue weighted by atomic mass is 16.5. The first-order chi connectivity index (χ1) is 24.6. The molecule has 9 nitrogen and oxygen atoms in total. The van der Waals surface area contributed by atoms with Crippen LogP contribution in [0.3, 0.4) is 0 Å². The van der Waals surface area contributed by atoms with Gasteiger partial charge >= 0.3 is 11.9 Å². The molecular weight excluding hydrogens is 668 g/mol. The molecule has 1 heterocycles. The number of aliphatic hydroxyl groups is 1. The maximum atomic E-state index is 14.1. The number of rotatable bonds is 10. The largest absolute Gasteiger partial charge is 0.481 e. The Morgan fingerprint density at radius 2 is 1.58 bits per heavy atom. The summed E-state index contributed by atoms with van der Waals surface area (Å²) in [5.74, 6) is 1.06. The fraction of sp³-hybridized carbons (Fsp3) is 0.864. The number of ether oxygens (including phenoxy) is 1. The van der Waals surface area contributed by atoms with Crippen molar-refractivity contribution in [1.29, 1.82) is 0 Å². The van der Waals surface area contributed by atoms with E-state index in [1.165, 1.54) is 18.4 Å². The molecule has 298 valence electrons. The van der Waals surface area contributed by atoms with Gasteiger partial charge in [-0.05, 0) is 134 Å². The minimum Gasteiger partial charge on any atom is -0.481 e. The van der Waals surface area contributed by atoms with Crippen LogP contribution in [-0.2, 0) is 23.9 Å². The van der Waals surface area contributed by atoms with Gasteiger partial charge in [-0.2, -0.15) is 0 Å². The van der Waals surface area contributed by atoms with Crippen molar-refractivity contribution in [1.82, 2.24) is 10.2 Å². The van der Waals surface area contributed by atoms with Crippen molar-refractivity contribution < 1.29 is 34.1 Å². The van der Waals surface area contributed by atoms with Crippen molar-refractivity contribution >= 4 is 23.8 Å². The topological polar surface area (TPSA) is 133 Å². The maximum absolute atomic E-state index is 14.1. The van der Waals surface area contributed by atoms with Crippen LogP contribution in [0.1, 0.15) is 145 Å². The smallest absolute Gasteiger partial charge is 0.306 e. The molecule has 1 aliphatic heterocycles. The molecular formula is C44H70N2O7. The number of nitrogens with one attached hydrogen (secondary N) is 1. The molecule has 11 atom stereocenters. The number of carbonyl (C=O) groups excluding carboxylic acids is 3. The number of likely N-dealkylation sites (tertiary alicyclic amines) is 1. The van der Waals surface area contributed by atoms with Crippen LogP contribution in [0.25, 0.3) is 0 Å². The zero-order valence-electron chi connectivity index (χ0n) is 34.2. The number of esters is 1. The Morgan fingerprint density at radius 3 is 2.25 bits per heavy atom. The number of hydrogen-bond acceptors (Lipinski definition) is 6. The quantitative estimate of drug-likeness (QED) is 0.156. The summed E-state index contributed by atoms with van der Waals surface area (Å²) in [6.07, 6.45) is 12.1. The van der Waals surface area contributed by atoms with Crippen LogP contribution >= 0.6 is 0 Å². The monoisotopic (exact) mass is 739 g/mol. The summed E-state index contributed by atoms with van der Waals surface area (Å²) in [5.41, 5.74) is 0.841. The highest BCUT2D eigenvalue weighted by molar-refractivity contribution is 5.79. The van der Waals surface area contributed by atoms with Gasteiger partial charge in [-0.1, -0.05) is 60.6 Å². The average Bonchev–Trinajstić information content (AvgIpc) is 3.67. The molecule has 0 aromatic heterocycles. The number of carboxylic acids is 1. The van der Waals surface area contributed by atoms with Crippen molar-refractivity contribution in [2.24, 2.45) is 62.1 Å². The molecule has 0 aromatic rings. The summed E-state index contributed by atoms with van der Waals surface area (Å²) in [4.78, 5) is 52.6. The predicted molar refractivity (Wildman–Crippen MR) is 204 cm³/mol. The molecule has 1 saturated heterocycles. The van der Waals surface area contributed by atoms with E-state index in [2.05, 4.69) is 53.4 Å². The van der Waals surface area contributed by atoms with Gasteiger partial charge in [-0.15, -0.1) is 0 Å². The van der Waals surface area contributed by atoms with Gasteiger partial charge in [-0.3, -0.25) is 19.2 Å². The third-order valence-electron chi connectivity index (χ3n) is 17.3. The molecule has 5 aliphatic carbocycles. The van der Waals surface area contributed by atoms with E-state index in [9.17, 15) is 29.4 Å². The lowest BCUT2D eigenvalue weighted by atomic mass is 9.32. The number of hydrogen-bond donors (Lipinski definition) is 3. The van der Waals surface area contributed by atoms with Crippen LogP contribution in [0, 0.1) is 62.1 Å². The molecule has 1 unspecified atom stereocenters. The minimum absolute atomic E-state index is 0.0232. The number of amides is 2. The molecule has 6 fully saturated rings. The van der Waals surface area contributed by atoms with E-state index in [-0.39, 0.29) is 69.8 Å². The van der Waals surface area contributed by atoms with E-state index in [0.717, 1.165) is 57.8 Å². The van der Waals surface area contributed by atoms with Gasteiger partial charge in [0.05, 0.1) is 12.8 Å². The third kappa shape index (κ3) is 6.79. The normalized spacial score (nSPS) is 41.7. The molecule has 3 N–H and O–H groups in total. The Morgan fingerprint density at radius 1 is 0.868 bits per heavy atom. The van der Waals surface area contributed by atoms with E-state index >= 15 is 0 Å². The molecule has 53 heavy (non-hydrogen) atoms. The lowest BCUT2D eigenvalue weighted by Crippen LogP contribution is -2.67. The Hall–Kier alpha value is -2.42. The molecule has 9 heteroatoms. The molecule has 0 spiro atoms. The van der Waals surface area contributed by atoms with Gasteiger partial charge in [0.25, 0.3) is 0 Å². The standard InChI is InChI=1S/C44H70N2O7/c1-27(2)29-12-18-44(22-35(49)46-21-15-28(25-46)45-34(48)26-47)20-19-42(8)30(38(29)44)10-11-32-41(7)16-14-33(40(5,6)31(41)13-17-43(32,42)9)53-37(52)24-39(3,4)23-36(50)51/h28-33,38,47H,1,10-26H2,2-9H3,(H,45,48)(H,50,51)/t28-,29+,30-,31?,32-,33+,38-,41+,42-,43-,44-/m1/s1.